The van der Waals surface area contributed by atoms with Crippen LogP contribution in [-0.2, 0) is 7.05 Å². The summed E-state index contributed by atoms with van der Waals surface area (Å²) in [5.74, 6) is -0.132. The van der Waals surface area contributed by atoms with E-state index in [4.69, 9.17) is 0 Å². The first-order chi connectivity index (χ1) is 11.2. The zero-order chi connectivity index (χ0) is 17.6. The molecule has 1 fully saturated rings. The molecule has 0 radical (unpaired) electrons. The fourth-order valence-corrected chi connectivity index (χ4v) is 4.41. The minimum Gasteiger partial charge on any atom is -0.387 e. The highest BCUT2D eigenvalue weighted by atomic mass is 32.1. The van der Waals surface area contributed by atoms with Crippen LogP contribution in [0.15, 0.2) is 11.1 Å². The topological polar surface area (TPSA) is 78.7 Å². The molecule has 2 aromatic heterocycles. The van der Waals surface area contributed by atoms with Gasteiger partial charge in [0.2, 0.25) is 0 Å². The van der Waals surface area contributed by atoms with Gasteiger partial charge in [0.15, 0.2) is 0 Å². The second-order valence-corrected chi connectivity index (χ2v) is 7.83. The molecule has 0 bridgehead atoms. The van der Waals surface area contributed by atoms with Gasteiger partial charge < -0.3 is 19.5 Å². The number of likely N-dealkylation sites (N-methyl/N-ethyl adjacent to an activating group) is 1. The Morgan fingerprint density at radius 1 is 1.50 bits per heavy atom. The van der Waals surface area contributed by atoms with Gasteiger partial charge in [0, 0.05) is 20.1 Å². The van der Waals surface area contributed by atoms with E-state index in [9.17, 15) is 14.7 Å². The van der Waals surface area contributed by atoms with Gasteiger partial charge in [-0.15, -0.1) is 11.3 Å². The summed E-state index contributed by atoms with van der Waals surface area (Å²) in [7, 11) is 5.45. The van der Waals surface area contributed by atoms with Crippen molar-refractivity contribution < 1.29 is 9.90 Å². The summed E-state index contributed by atoms with van der Waals surface area (Å²) >= 11 is 1.25. The molecule has 1 saturated heterocycles. The first-order valence-corrected chi connectivity index (χ1v) is 8.64. The lowest BCUT2D eigenvalue weighted by Gasteiger charge is -2.26. The van der Waals surface area contributed by atoms with E-state index >= 15 is 0 Å². The highest BCUT2D eigenvalue weighted by Crippen LogP contribution is 2.30. The number of aliphatic hydroxyl groups is 1. The van der Waals surface area contributed by atoms with E-state index in [2.05, 4.69) is 4.98 Å². The molecule has 7 nitrogen and oxygen atoms in total. The SMILES string of the molecule is Cc1c(C(=O)N2CCC(O)(CN(C)C)C2)sc2ncn(C)c(=O)c12. The Labute approximate surface area is 144 Å². The fraction of sp³-hybridized carbons (Fsp3) is 0.562. The molecular weight excluding hydrogens is 328 g/mol. The van der Waals surface area contributed by atoms with Crippen molar-refractivity contribution in [2.24, 2.45) is 7.05 Å². The van der Waals surface area contributed by atoms with Crippen molar-refractivity contribution in [2.45, 2.75) is 18.9 Å². The largest absolute Gasteiger partial charge is 0.387 e. The Hall–Kier alpha value is -1.77. The number of nitrogens with zero attached hydrogens (tertiary/aromatic N) is 4. The molecule has 24 heavy (non-hydrogen) atoms. The minimum absolute atomic E-state index is 0.132. The number of carbonyl (C=O) groups is 1. The predicted octanol–water partition coefficient (Wildman–Crippen LogP) is 0.442. The molecule has 3 rings (SSSR count). The minimum atomic E-state index is -0.877. The number of aryl methyl sites for hydroxylation is 2. The smallest absolute Gasteiger partial charge is 0.264 e. The van der Waals surface area contributed by atoms with Gasteiger partial charge in [-0.1, -0.05) is 0 Å². The number of carbonyl (C=O) groups excluding carboxylic acids is 1. The number of fused-ring (bicyclic) bond motifs is 1. The van der Waals surface area contributed by atoms with Crippen molar-refractivity contribution in [3.8, 4) is 0 Å². The van der Waals surface area contributed by atoms with Crippen LogP contribution in [0.25, 0.3) is 10.2 Å². The summed E-state index contributed by atoms with van der Waals surface area (Å²) in [5, 5.41) is 11.1. The normalized spacial score (nSPS) is 21.2. The maximum atomic E-state index is 12.9. The molecular formula is C16H22N4O3S. The lowest BCUT2D eigenvalue weighted by atomic mass is 10.0. The maximum Gasteiger partial charge on any atom is 0.264 e. The van der Waals surface area contributed by atoms with Crippen LogP contribution in [0.3, 0.4) is 0 Å². The quantitative estimate of drug-likeness (QED) is 0.869. The number of hydrogen-bond acceptors (Lipinski definition) is 6. The first-order valence-electron chi connectivity index (χ1n) is 7.83. The molecule has 130 valence electrons. The molecule has 3 heterocycles. The standard InChI is InChI=1S/C16H22N4O3S/c1-10-11-13(17-9-19(4)14(11)21)24-12(10)15(22)20-6-5-16(23,8-20)7-18(2)3/h9,23H,5-8H2,1-4H3. The third kappa shape index (κ3) is 2.85. The molecule has 1 amide bonds. The highest BCUT2D eigenvalue weighted by Gasteiger charge is 2.39. The maximum absolute atomic E-state index is 12.9. The van der Waals surface area contributed by atoms with E-state index in [1.165, 1.54) is 22.2 Å². The zero-order valence-corrected chi connectivity index (χ0v) is 15.2. The van der Waals surface area contributed by atoms with Crippen LogP contribution in [0.1, 0.15) is 21.7 Å². The third-order valence-corrected chi connectivity index (χ3v) is 5.62. The Morgan fingerprint density at radius 3 is 2.88 bits per heavy atom. The fourth-order valence-electron chi connectivity index (χ4n) is 3.30. The lowest BCUT2D eigenvalue weighted by molar-refractivity contribution is 0.0237. The van der Waals surface area contributed by atoms with Gasteiger partial charge in [0.1, 0.15) is 4.83 Å². The molecule has 2 aromatic rings. The van der Waals surface area contributed by atoms with Crippen molar-refractivity contribution in [3.63, 3.8) is 0 Å². The van der Waals surface area contributed by atoms with Gasteiger partial charge in [-0.25, -0.2) is 4.98 Å². The second kappa shape index (κ2) is 5.94. The van der Waals surface area contributed by atoms with E-state index < -0.39 is 5.60 Å². The van der Waals surface area contributed by atoms with Crippen molar-refractivity contribution in [1.82, 2.24) is 19.4 Å². The van der Waals surface area contributed by atoms with Crippen LogP contribution in [0.2, 0.25) is 0 Å². The molecule has 0 spiro atoms. The molecule has 0 saturated carbocycles. The van der Waals surface area contributed by atoms with Gasteiger partial charge in [-0.3, -0.25) is 9.59 Å². The summed E-state index contributed by atoms with van der Waals surface area (Å²) in [4.78, 5) is 34.1. The van der Waals surface area contributed by atoms with Crippen LogP contribution < -0.4 is 5.56 Å². The zero-order valence-electron chi connectivity index (χ0n) is 14.4. The van der Waals surface area contributed by atoms with Crippen LogP contribution in [-0.4, -0.2) is 69.7 Å². The number of thiophene rings is 1. The Morgan fingerprint density at radius 2 is 2.21 bits per heavy atom. The Kier molecular flexibility index (Phi) is 4.23. The number of rotatable bonds is 3. The Balaban J connectivity index is 1.92. The summed E-state index contributed by atoms with van der Waals surface area (Å²) < 4.78 is 1.42. The van der Waals surface area contributed by atoms with Crippen molar-refractivity contribution in [1.29, 1.82) is 0 Å². The average Bonchev–Trinajstić information content (AvgIpc) is 3.03. The molecule has 0 aliphatic carbocycles. The van der Waals surface area contributed by atoms with Crippen molar-refractivity contribution in [3.05, 3.63) is 27.1 Å². The van der Waals surface area contributed by atoms with Crippen LogP contribution in [0, 0.1) is 6.92 Å². The summed E-state index contributed by atoms with van der Waals surface area (Å²) in [5.41, 5.74) is -0.340. The Bertz CT molecular complexity index is 857. The molecule has 0 aromatic carbocycles. The van der Waals surface area contributed by atoms with Crippen molar-refractivity contribution in [2.75, 3.05) is 33.7 Å². The van der Waals surface area contributed by atoms with Crippen LogP contribution in [0.4, 0.5) is 0 Å². The lowest BCUT2D eigenvalue weighted by Crippen LogP contribution is -2.43. The molecule has 1 aliphatic rings. The number of aromatic nitrogens is 2. The first kappa shape index (κ1) is 17.1. The number of β-amino-alcohol motifs (C(OH)–C–C–N with tert-alkyl or cyclic N) is 1. The third-order valence-electron chi connectivity index (χ3n) is 4.43. The van der Waals surface area contributed by atoms with Gasteiger partial charge in [-0.05, 0) is 33.0 Å². The van der Waals surface area contributed by atoms with Gasteiger partial charge in [-0.2, -0.15) is 0 Å². The highest BCUT2D eigenvalue weighted by molar-refractivity contribution is 7.20. The van der Waals surface area contributed by atoms with E-state index in [1.54, 1.807) is 18.9 Å². The molecule has 8 heteroatoms. The number of amides is 1. The van der Waals surface area contributed by atoms with Gasteiger partial charge in [0.05, 0.1) is 28.7 Å². The average molecular weight is 350 g/mol. The van der Waals surface area contributed by atoms with E-state index in [0.29, 0.717) is 46.7 Å². The molecule has 1 N–H and O–H groups in total. The second-order valence-electron chi connectivity index (χ2n) is 6.84. The molecule has 1 unspecified atom stereocenters. The van der Waals surface area contributed by atoms with Gasteiger partial charge in [0.25, 0.3) is 11.5 Å². The summed E-state index contributed by atoms with van der Waals surface area (Å²) in [6.07, 6.45) is 2.03. The number of hydrogen-bond donors (Lipinski definition) is 1. The summed E-state index contributed by atoms with van der Waals surface area (Å²) in [6, 6.07) is 0. The monoisotopic (exact) mass is 350 g/mol. The van der Waals surface area contributed by atoms with E-state index in [1.807, 2.05) is 19.0 Å². The van der Waals surface area contributed by atoms with Gasteiger partial charge >= 0.3 is 0 Å². The molecule has 1 aliphatic heterocycles. The predicted molar refractivity (Wildman–Crippen MR) is 93.6 cm³/mol. The van der Waals surface area contributed by atoms with Crippen LogP contribution >= 0.6 is 11.3 Å². The van der Waals surface area contributed by atoms with Crippen molar-refractivity contribution >= 4 is 27.5 Å². The summed E-state index contributed by atoms with van der Waals surface area (Å²) in [6.45, 7) is 3.13. The molecule has 1 atom stereocenters. The van der Waals surface area contributed by atoms with E-state index in [-0.39, 0.29) is 11.5 Å². The van der Waals surface area contributed by atoms with E-state index in [0.717, 1.165) is 0 Å². The number of likely N-dealkylation sites (tertiary alicyclic amines) is 1. The van der Waals surface area contributed by atoms with Crippen LogP contribution in [0.5, 0.6) is 0 Å².